The number of hydrogen-bond acceptors (Lipinski definition) is 8. The van der Waals surface area contributed by atoms with Crippen molar-refractivity contribution in [2.75, 3.05) is 7.05 Å². The molecule has 2 heterocycles. The molecular weight excluding hydrogens is 433 g/mol. The summed E-state index contributed by atoms with van der Waals surface area (Å²) in [5, 5.41) is 6.26. The number of aromatic nitrogens is 2. The molecular formula is C16H14ClF3N6O4. The Bertz CT molecular complexity index is 1170. The van der Waals surface area contributed by atoms with Gasteiger partial charge in [-0.2, -0.15) is 13.2 Å². The van der Waals surface area contributed by atoms with Gasteiger partial charge in [-0.3, -0.25) is 9.36 Å². The van der Waals surface area contributed by atoms with Gasteiger partial charge in [0.25, 0.3) is 5.56 Å². The SMILES string of the molecule is CC(=O)ON1C(c2cc(-n3c(=O)cc(C(F)(F)F)n(C)c3=O)ccc2Cl)=NNN1C. The fraction of sp³-hybridized carbons (Fsp3) is 0.250. The lowest BCUT2D eigenvalue weighted by Crippen LogP contribution is -2.44. The van der Waals surface area contributed by atoms with Crippen molar-refractivity contribution in [3.63, 3.8) is 0 Å². The lowest BCUT2D eigenvalue weighted by Gasteiger charge is -2.23. The fourth-order valence-electron chi connectivity index (χ4n) is 2.69. The van der Waals surface area contributed by atoms with Gasteiger partial charge in [-0.15, -0.1) is 5.10 Å². The minimum Gasteiger partial charge on any atom is -0.322 e. The third kappa shape index (κ3) is 3.76. The molecule has 14 heteroatoms. The zero-order valence-corrected chi connectivity index (χ0v) is 16.4. The first-order valence-electron chi connectivity index (χ1n) is 8.18. The summed E-state index contributed by atoms with van der Waals surface area (Å²) < 4.78 is 40.0. The molecule has 160 valence electrons. The Labute approximate surface area is 171 Å². The second-order valence-corrected chi connectivity index (χ2v) is 6.53. The maximum absolute atomic E-state index is 13.0. The average Bonchev–Trinajstić information content (AvgIpc) is 2.98. The van der Waals surface area contributed by atoms with Crippen molar-refractivity contribution >= 4 is 23.4 Å². The number of halogens is 4. The van der Waals surface area contributed by atoms with Crippen LogP contribution in [0.2, 0.25) is 5.02 Å². The number of amidine groups is 1. The van der Waals surface area contributed by atoms with E-state index in [9.17, 15) is 27.6 Å². The number of hydrazine groups is 2. The third-order valence-electron chi connectivity index (χ3n) is 4.03. The predicted molar refractivity (Wildman–Crippen MR) is 98.3 cm³/mol. The molecule has 0 bridgehead atoms. The highest BCUT2D eigenvalue weighted by molar-refractivity contribution is 6.34. The number of nitrogens with one attached hydrogen (secondary N) is 1. The molecule has 2 aromatic rings. The lowest BCUT2D eigenvalue weighted by molar-refractivity contribution is -0.222. The topological polar surface area (TPSA) is 101 Å². The van der Waals surface area contributed by atoms with E-state index in [-0.39, 0.29) is 22.1 Å². The molecule has 1 aromatic carbocycles. The first-order chi connectivity index (χ1) is 13.9. The molecule has 0 unspecified atom stereocenters. The minimum absolute atomic E-state index is 0.0105. The molecule has 30 heavy (non-hydrogen) atoms. The van der Waals surface area contributed by atoms with Crippen LogP contribution in [0.15, 0.2) is 39.0 Å². The Kier molecular flexibility index (Phi) is 5.34. The molecule has 1 aromatic heterocycles. The van der Waals surface area contributed by atoms with Gasteiger partial charge in [-0.05, 0) is 18.2 Å². The molecule has 1 aliphatic rings. The van der Waals surface area contributed by atoms with E-state index in [1.165, 1.54) is 30.4 Å². The van der Waals surface area contributed by atoms with Gasteiger partial charge in [0, 0.05) is 32.6 Å². The van der Waals surface area contributed by atoms with Crippen LogP contribution >= 0.6 is 11.6 Å². The Morgan fingerprint density at radius 2 is 1.87 bits per heavy atom. The average molecular weight is 447 g/mol. The second kappa shape index (κ2) is 7.50. The molecule has 0 saturated heterocycles. The van der Waals surface area contributed by atoms with Crippen LogP contribution in [0.3, 0.4) is 0 Å². The largest absolute Gasteiger partial charge is 0.431 e. The van der Waals surface area contributed by atoms with Crippen LogP contribution in [0.5, 0.6) is 0 Å². The fourth-order valence-corrected chi connectivity index (χ4v) is 2.90. The molecule has 1 aliphatic heterocycles. The summed E-state index contributed by atoms with van der Waals surface area (Å²) in [6, 6.07) is 4.19. The Hall–Kier alpha value is -3.32. The van der Waals surface area contributed by atoms with Crippen LogP contribution in [-0.2, 0) is 22.9 Å². The normalized spacial score (nSPS) is 14.5. The Morgan fingerprint density at radius 1 is 1.20 bits per heavy atom. The molecule has 0 spiro atoms. The van der Waals surface area contributed by atoms with Crippen molar-refractivity contribution in [1.82, 2.24) is 25.0 Å². The van der Waals surface area contributed by atoms with Crippen molar-refractivity contribution in [3.05, 3.63) is 61.4 Å². The van der Waals surface area contributed by atoms with Gasteiger partial charge < -0.3 is 4.84 Å². The van der Waals surface area contributed by atoms with Gasteiger partial charge in [-0.25, -0.2) is 19.7 Å². The van der Waals surface area contributed by atoms with E-state index in [2.05, 4.69) is 10.6 Å². The van der Waals surface area contributed by atoms with Crippen molar-refractivity contribution in [3.8, 4) is 5.69 Å². The number of carbonyl (C=O) groups is 1. The summed E-state index contributed by atoms with van der Waals surface area (Å²) >= 11 is 6.20. The van der Waals surface area contributed by atoms with Crippen molar-refractivity contribution < 1.29 is 22.8 Å². The molecule has 0 saturated carbocycles. The standard InChI is InChI=1S/C16H14ClF3N6O4/c1-8(27)30-26-14(21-22-24(26)3)10-6-9(4-5-11(10)17)25-13(28)7-12(16(18,19)20)23(2)15(25)29/h4-7,22H,1-3H3. The molecule has 10 nitrogen and oxygen atoms in total. The number of hydrogen-bond donors (Lipinski definition) is 1. The summed E-state index contributed by atoms with van der Waals surface area (Å²) in [5.74, 6) is -0.658. The van der Waals surface area contributed by atoms with Gasteiger partial charge in [-0.1, -0.05) is 21.9 Å². The van der Waals surface area contributed by atoms with Gasteiger partial charge in [0.1, 0.15) is 5.69 Å². The second-order valence-electron chi connectivity index (χ2n) is 6.12. The number of hydrazone groups is 1. The molecule has 1 N–H and O–H groups in total. The molecule has 0 radical (unpaired) electrons. The number of nitrogens with zero attached hydrogens (tertiary/aromatic N) is 5. The van der Waals surface area contributed by atoms with E-state index < -0.39 is 29.1 Å². The number of rotatable bonds is 3. The van der Waals surface area contributed by atoms with E-state index in [4.69, 9.17) is 16.4 Å². The number of hydroxylamine groups is 1. The van der Waals surface area contributed by atoms with E-state index in [0.717, 1.165) is 19.1 Å². The van der Waals surface area contributed by atoms with Crippen LogP contribution in [-0.4, -0.2) is 38.3 Å². The molecule has 0 fully saturated rings. The van der Waals surface area contributed by atoms with Crippen LogP contribution in [0.25, 0.3) is 5.69 Å². The van der Waals surface area contributed by atoms with Gasteiger partial charge in [0.15, 0.2) is 0 Å². The quantitative estimate of drug-likeness (QED) is 0.751. The third-order valence-corrected chi connectivity index (χ3v) is 4.36. The summed E-state index contributed by atoms with van der Waals surface area (Å²) in [4.78, 5) is 41.2. The molecule has 0 amide bonds. The summed E-state index contributed by atoms with van der Waals surface area (Å²) in [5.41, 5.74) is -1.17. The van der Waals surface area contributed by atoms with Gasteiger partial charge >= 0.3 is 17.8 Å². The first kappa shape index (κ1) is 21.4. The van der Waals surface area contributed by atoms with Gasteiger partial charge in [0.05, 0.1) is 10.7 Å². The highest BCUT2D eigenvalue weighted by atomic mass is 35.5. The smallest absolute Gasteiger partial charge is 0.322 e. The van der Waals surface area contributed by atoms with Crippen molar-refractivity contribution in [2.24, 2.45) is 12.1 Å². The van der Waals surface area contributed by atoms with E-state index >= 15 is 0 Å². The zero-order chi connectivity index (χ0) is 22.4. The highest BCUT2D eigenvalue weighted by Gasteiger charge is 2.35. The number of alkyl halides is 3. The zero-order valence-electron chi connectivity index (χ0n) is 15.7. The maximum Gasteiger partial charge on any atom is 0.431 e. The molecule has 3 rings (SSSR count). The summed E-state index contributed by atoms with van der Waals surface area (Å²) in [7, 11) is 2.38. The van der Waals surface area contributed by atoms with E-state index in [1.54, 1.807) is 0 Å². The Morgan fingerprint density at radius 3 is 2.47 bits per heavy atom. The van der Waals surface area contributed by atoms with Crippen molar-refractivity contribution in [1.29, 1.82) is 0 Å². The van der Waals surface area contributed by atoms with Gasteiger partial charge in [0.2, 0.25) is 5.84 Å². The number of carbonyl (C=O) groups excluding carboxylic acids is 1. The highest BCUT2D eigenvalue weighted by Crippen LogP contribution is 2.27. The number of benzene rings is 1. The maximum atomic E-state index is 13.0. The minimum atomic E-state index is -4.88. The monoisotopic (exact) mass is 446 g/mol. The van der Waals surface area contributed by atoms with Crippen LogP contribution in [0.1, 0.15) is 18.2 Å². The lowest BCUT2D eigenvalue weighted by atomic mass is 10.1. The summed E-state index contributed by atoms with van der Waals surface area (Å²) in [6.07, 6.45) is -4.88. The Balaban J connectivity index is 2.16. The van der Waals surface area contributed by atoms with Crippen LogP contribution < -0.4 is 16.8 Å². The molecule has 0 aliphatic carbocycles. The predicted octanol–water partition coefficient (Wildman–Crippen LogP) is 1.02. The summed E-state index contributed by atoms with van der Waals surface area (Å²) in [6.45, 7) is 1.16. The van der Waals surface area contributed by atoms with Crippen molar-refractivity contribution in [2.45, 2.75) is 13.1 Å². The van der Waals surface area contributed by atoms with E-state index in [1.807, 2.05) is 0 Å². The van der Waals surface area contributed by atoms with Crippen LogP contribution in [0, 0.1) is 0 Å². The first-order valence-corrected chi connectivity index (χ1v) is 8.56. The van der Waals surface area contributed by atoms with Crippen LogP contribution in [0.4, 0.5) is 13.2 Å². The molecule has 0 atom stereocenters. The van der Waals surface area contributed by atoms with E-state index in [0.29, 0.717) is 15.2 Å².